The van der Waals surface area contributed by atoms with Crippen LogP contribution < -0.4 is 5.32 Å². The zero-order valence-corrected chi connectivity index (χ0v) is 8.19. The Hall–Kier alpha value is -0.670. The predicted octanol–water partition coefficient (Wildman–Crippen LogP) is 2.85. The van der Waals surface area contributed by atoms with Gasteiger partial charge in [-0.1, -0.05) is 11.6 Å². The topological polar surface area (TPSA) is 12.0 Å². The van der Waals surface area contributed by atoms with Crippen molar-refractivity contribution in [1.29, 1.82) is 0 Å². The van der Waals surface area contributed by atoms with Crippen LogP contribution in [-0.4, -0.2) is 12.7 Å². The standard InChI is InChI=1S/C10H10ClF2N/c11-6-1-2-9(13)8(3-6)10-4-7(12)5-14-10/h1-3,7,10,14H,4-5H2/t7-,10+/m0/s1. The highest BCUT2D eigenvalue weighted by molar-refractivity contribution is 6.30. The fourth-order valence-electron chi connectivity index (χ4n) is 1.71. The molecule has 0 aliphatic carbocycles. The van der Waals surface area contributed by atoms with Crippen LogP contribution in [0.2, 0.25) is 5.02 Å². The van der Waals surface area contributed by atoms with Crippen LogP contribution in [0.4, 0.5) is 8.78 Å². The van der Waals surface area contributed by atoms with Gasteiger partial charge in [-0.3, -0.25) is 0 Å². The first-order chi connectivity index (χ1) is 6.66. The van der Waals surface area contributed by atoms with Gasteiger partial charge in [0.25, 0.3) is 0 Å². The summed E-state index contributed by atoms with van der Waals surface area (Å²) >= 11 is 5.74. The molecule has 1 nitrogen and oxygen atoms in total. The number of rotatable bonds is 1. The summed E-state index contributed by atoms with van der Waals surface area (Å²) in [4.78, 5) is 0. The van der Waals surface area contributed by atoms with Gasteiger partial charge in [0.1, 0.15) is 12.0 Å². The van der Waals surface area contributed by atoms with Gasteiger partial charge in [-0.15, -0.1) is 0 Å². The van der Waals surface area contributed by atoms with Crippen molar-refractivity contribution in [2.75, 3.05) is 6.54 Å². The molecule has 2 atom stereocenters. The summed E-state index contributed by atoms with van der Waals surface area (Å²) in [6.45, 7) is 0.288. The van der Waals surface area contributed by atoms with Crippen molar-refractivity contribution in [3.63, 3.8) is 0 Å². The van der Waals surface area contributed by atoms with E-state index in [4.69, 9.17) is 11.6 Å². The van der Waals surface area contributed by atoms with Crippen LogP contribution in [0.15, 0.2) is 18.2 Å². The summed E-state index contributed by atoms with van der Waals surface area (Å²) in [6, 6.07) is 4.10. The monoisotopic (exact) mass is 217 g/mol. The van der Waals surface area contributed by atoms with Gasteiger partial charge in [0, 0.05) is 23.2 Å². The summed E-state index contributed by atoms with van der Waals surface area (Å²) in [5.74, 6) is -0.332. The zero-order chi connectivity index (χ0) is 10.1. The Kier molecular flexibility index (Phi) is 2.70. The molecule has 4 heteroatoms. The lowest BCUT2D eigenvalue weighted by Gasteiger charge is -2.11. The first-order valence-electron chi connectivity index (χ1n) is 4.49. The van der Waals surface area contributed by atoms with Crippen LogP contribution in [0, 0.1) is 5.82 Å². The van der Waals surface area contributed by atoms with Crippen molar-refractivity contribution < 1.29 is 8.78 Å². The van der Waals surface area contributed by atoms with Crippen molar-refractivity contribution in [2.45, 2.75) is 18.6 Å². The molecular formula is C10H10ClF2N. The van der Waals surface area contributed by atoms with Gasteiger partial charge in [0.15, 0.2) is 0 Å². The minimum atomic E-state index is -0.890. The van der Waals surface area contributed by atoms with E-state index in [0.717, 1.165) is 0 Å². The first kappa shape index (κ1) is 9.87. The lowest BCUT2D eigenvalue weighted by atomic mass is 10.0. The van der Waals surface area contributed by atoms with E-state index in [1.807, 2.05) is 0 Å². The second-order valence-corrected chi connectivity index (χ2v) is 3.90. The molecule has 1 aliphatic heterocycles. The maximum absolute atomic E-state index is 13.3. The van der Waals surface area contributed by atoms with Crippen LogP contribution in [0.3, 0.4) is 0 Å². The van der Waals surface area contributed by atoms with Crippen molar-refractivity contribution >= 4 is 11.6 Å². The van der Waals surface area contributed by atoms with E-state index in [2.05, 4.69) is 5.32 Å². The van der Waals surface area contributed by atoms with Crippen molar-refractivity contribution in [2.24, 2.45) is 0 Å². The fourth-order valence-corrected chi connectivity index (χ4v) is 1.89. The lowest BCUT2D eigenvalue weighted by Crippen LogP contribution is -2.15. The number of alkyl halides is 1. The zero-order valence-electron chi connectivity index (χ0n) is 7.43. The minimum Gasteiger partial charge on any atom is -0.307 e. The number of nitrogens with one attached hydrogen (secondary N) is 1. The fraction of sp³-hybridized carbons (Fsp3) is 0.400. The SMILES string of the molecule is Fc1ccc(Cl)cc1[C@H]1C[C@H](F)CN1. The molecule has 1 fully saturated rings. The van der Waals surface area contributed by atoms with E-state index >= 15 is 0 Å². The van der Waals surface area contributed by atoms with Crippen LogP contribution in [0.25, 0.3) is 0 Å². The van der Waals surface area contributed by atoms with Gasteiger partial charge in [-0.05, 0) is 24.6 Å². The van der Waals surface area contributed by atoms with Gasteiger partial charge >= 0.3 is 0 Å². The van der Waals surface area contributed by atoms with Gasteiger partial charge in [0.2, 0.25) is 0 Å². The maximum Gasteiger partial charge on any atom is 0.128 e. The second kappa shape index (κ2) is 3.83. The third kappa shape index (κ3) is 1.88. The molecule has 2 rings (SSSR count). The average molecular weight is 218 g/mol. The molecule has 1 heterocycles. The molecular weight excluding hydrogens is 208 g/mol. The van der Waals surface area contributed by atoms with Crippen molar-refractivity contribution in [3.05, 3.63) is 34.6 Å². The van der Waals surface area contributed by atoms with Crippen molar-refractivity contribution in [3.8, 4) is 0 Å². The number of benzene rings is 1. The second-order valence-electron chi connectivity index (χ2n) is 3.46. The normalized spacial score (nSPS) is 26.8. The molecule has 1 aromatic carbocycles. The molecule has 0 spiro atoms. The lowest BCUT2D eigenvalue weighted by molar-refractivity contribution is 0.355. The molecule has 0 saturated carbocycles. The Morgan fingerprint density at radius 3 is 2.86 bits per heavy atom. The quantitative estimate of drug-likeness (QED) is 0.763. The Morgan fingerprint density at radius 2 is 2.21 bits per heavy atom. The Morgan fingerprint density at radius 1 is 1.43 bits per heavy atom. The van der Waals surface area contributed by atoms with Crippen LogP contribution in [0.5, 0.6) is 0 Å². The maximum atomic E-state index is 13.3. The van der Waals surface area contributed by atoms with Gasteiger partial charge in [0.05, 0.1) is 0 Å². The molecule has 1 aliphatic rings. The largest absolute Gasteiger partial charge is 0.307 e. The number of hydrogen-bond acceptors (Lipinski definition) is 1. The molecule has 1 saturated heterocycles. The summed E-state index contributed by atoms with van der Waals surface area (Å²) in [7, 11) is 0. The van der Waals surface area contributed by atoms with E-state index in [-0.39, 0.29) is 18.4 Å². The third-order valence-electron chi connectivity index (χ3n) is 2.41. The Balaban J connectivity index is 2.27. The summed E-state index contributed by atoms with van der Waals surface area (Å²) in [5.41, 5.74) is 0.456. The van der Waals surface area contributed by atoms with E-state index in [1.165, 1.54) is 12.1 Å². The highest BCUT2D eigenvalue weighted by atomic mass is 35.5. The highest BCUT2D eigenvalue weighted by Gasteiger charge is 2.26. The van der Waals surface area contributed by atoms with Crippen LogP contribution >= 0.6 is 11.6 Å². The molecule has 14 heavy (non-hydrogen) atoms. The first-order valence-corrected chi connectivity index (χ1v) is 4.87. The highest BCUT2D eigenvalue weighted by Crippen LogP contribution is 2.28. The minimum absolute atomic E-state index is 0.247. The van der Waals surface area contributed by atoms with E-state index in [0.29, 0.717) is 17.0 Å². The summed E-state index contributed by atoms with van der Waals surface area (Å²) in [6.07, 6.45) is -0.574. The Bertz CT molecular complexity index is 343. The van der Waals surface area contributed by atoms with Crippen LogP contribution in [0.1, 0.15) is 18.0 Å². The molecule has 0 radical (unpaired) electrons. The Labute approximate surface area is 86.1 Å². The third-order valence-corrected chi connectivity index (χ3v) is 2.65. The molecule has 0 aromatic heterocycles. The van der Waals surface area contributed by atoms with E-state index < -0.39 is 6.17 Å². The molecule has 76 valence electrons. The summed E-state index contributed by atoms with van der Waals surface area (Å²) < 4.78 is 26.2. The van der Waals surface area contributed by atoms with Gasteiger partial charge in [-0.2, -0.15) is 0 Å². The molecule has 0 bridgehead atoms. The average Bonchev–Trinajstić information content (AvgIpc) is 2.56. The molecule has 0 unspecified atom stereocenters. The predicted molar refractivity (Wildman–Crippen MR) is 51.7 cm³/mol. The van der Waals surface area contributed by atoms with E-state index in [1.54, 1.807) is 6.07 Å². The number of hydrogen-bond donors (Lipinski definition) is 1. The van der Waals surface area contributed by atoms with Crippen molar-refractivity contribution in [1.82, 2.24) is 5.32 Å². The summed E-state index contributed by atoms with van der Waals surface area (Å²) in [5, 5.41) is 3.39. The van der Waals surface area contributed by atoms with Crippen LogP contribution in [-0.2, 0) is 0 Å². The molecule has 1 N–H and O–H groups in total. The number of halogens is 3. The molecule has 0 amide bonds. The smallest absolute Gasteiger partial charge is 0.128 e. The molecule has 1 aromatic rings. The van der Waals surface area contributed by atoms with E-state index in [9.17, 15) is 8.78 Å². The van der Waals surface area contributed by atoms with Gasteiger partial charge < -0.3 is 5.32 Å². The van der Waals surface area contributed by atoms with Gasteiger partial charge in [-0.25, -0.2) is 8.78 Å².